The Morgan fingerprint density at radius 2 is 2.04 bits per heavy atom. The lowest BCUT2D eigenvalue weighted by molar-refractivity contribution is 0.470. The number of hydrogen-bond donors (Lipinski definition) is 1. The summed E-state index contributed by atoms with van der Waals surface area (Å²) in [6.07, 6.45) is 1.94. The van der Waals surface area contributed by atoms with Gasteiger partial charge in [-0.1, -0.05) is 34.1 Å². The van der Waals surface area contributed by atoms with E-state index in [-0.39, 0.29) is 11.5 Å². The summed E-state index contributed by atoms with van der Waals surface area (Å²) in [6.45, 7) is 3.82. The Bertz CT molecular complexity index is 1130. The smallest absolute Gasteiger partial charge is 0.251 e. The van der Waals surface area contributed by atoms with Crippen LogP contribution in [0.25, 0.3) is 10.9 Å². The molecule has 1 heterocycles. The predicted molar refractivity (Wildman–Crippen MR) is 107 cm³/mol. The Labute approximate surface area is 160 Å². The Morgan fingerprint density at radius 1 is 1.23 bits per heavy atom. The average molecular weight is 407 g/mol. The van der Waals surface area contributed by atoms with Crippen LogP contribution in [0.2, 0.25) is 0 Å². The number of rotatable bonds is 2. The predicted octanol–water partition coefficient (Wildman–Crippen LogP) is 5.11. The quantitative estimate of drug-likeness (QED) is 0.642. The molecule has 1 aliphatic carbocycles. The highest BCUT2D eigenvalue weighted by atomic mass is 79.9. The van der Waals surface area contributed by atoms with E-state index in [0.717, 1.165) is 33.8 Å². The van der Waals surface area contributed by atoms with E-state index in [4.69, 9.17) is 0 Å². The topological polar surface area (TPSA) is 56.6 Å². The van der Waals surface area contributed by atoms with Crippen LogP contribution < -0.4 is 5.56 Å². The summed E-state index contributed by atoms with van der Waals surface area (Å²) in [5.41, 5.74) is 4.29. The number of pyridine rings is 1. The number of halogens is 1. The van der Waals surface area contributed by atoms with E-state index in [2.05, 4.69) is 45.2 Å². The zero-order chi connectivity index (χ0) is 18.5. The van der Waals surface area contributed by atoms with Gasteiger partial charge in [-0.15, -0.1) is 0 Å². The number of fused-ring (bicyclic) bond motifs is 2. The number of benzene rings is 2. The number of aromatic amines is 1. The first-order valence-corrected chi connectivity index (χ1v) is 9.55. The van der Waals surface area contributed by atoms with Gasteiger partial charge in [0.25, 0.3) is 5.56 Å². The molecule has 1 aromatic heterocycles. The average Bonchev–Trinajstić information content (AvgIpc) is 3.05. The fraction of sp³-hybridized carbons (Fsp3) is 0.273. The first kappa shape index (κ1) is 17.1. The number of nitriles is 1. The zero-order valence-corrected chi connectivity index (χ0v) is 16.4. The number of H-pyrrole nitrogens is 1. The maximum absolute atomic E-state index is 12.0. The van der Waals surface area contributed by atoms with E-state index in [9.17, 15) is 10.1 Å². The number of nitrogens with one attached hydrogen (secondary N) is 1. The van der Waals surface area contributed by atoms with Crippen molar-refractivity contribution in [1.82, 2.24) is 4.98 Å². The molecular weight excluding hydrogens is 388 g/mol. The van der Waals surface area contributed by atoms with Crippen molar-refractivity contribution >= 4 is 26.8 Å². The Hall–Kier alpha value is -2.38. The molecule has 130 valence electrons. The molecule has 0 bridgehead atoms. The Balaban J connectivity index is 1.85. The third-order valence-electron chi connectivity index (χ3n) is 5.74. The summed E-state index contributed by atoms with van der Waals surface area (Å²) in [5, 5.41) is 11.1. The van der Waals surface area contributed by atoms with Crippen LogP contribution in [0, 0.1) is 18.3 Å². The first-order valence-electron chi connectivity index (χ1n) is 8.76. The molecule has 1 N–H and O–H groups in total. The third kappa shape index (κ3) is 2.59. The van der Waals surface area contributed by atoms with Crippen LogP contribution in [0.5, 0.6) is 0 Å². The molecule has 3 aromatic rings. The van der Waals surface area contributed by atoms with Gasteiger partial charge in [-0.25, -0.2) is 0 Å². The standard InChI is InChI=1S/C22H19BrN2O/c1-13-9-15-3-5-16(11-20(15)25-21(13)26)22(2,12-24)19-8-4-14-10-17(23)6-7-18(14)19/h3,5-7,9-11,19H,4,8H2,1-2H3,(H,25,26)/t19-,22?/m0/s1. The van der Waals surface area contributed by atoms with Crippen molar-refractivity contribution in [3.05, 3.63) is 79.5 Å². The summed E-state index contributed by atoms with van der Waals surface area (Å²) in [4.78, 5) is 14.9. The van der Waals surface area contributed by atoms with Crippen LogP contribution in [0.3, 0.4) is 0 Å². The highest BCUT2D eigenvalue weighted by Gasteiger charge is 2.41. The molecule has 1 aliphatic rings. The molecule has 4 heteroatoms. The van der Waals surface area contributed by atoms with Gasteiger partial charge in [0, 0.05) is 21.5 Å². The van der Waals surface area contributed by atoms with Crippen molar-refractivity contribution in [1.29, 1.82) is 5.26 Å². The van der Waals surface area contributed by atoms with Gasteiger partial charge in [0.2, 0.25) is 0 Å². The SMILES string of the molecule is Cc1cc2ccc(C(C)(C#N)[C@H]3CCc4cc(Br)ccc43)cc2[nH]c1=O. The fourth-order valence-electron chi connectivity index (χ4n) is 4.16. The molecule has 0 fully saturated rings. The normalized spacial score (nSPS) is 18.3. The second-order valence-corrected chi connectivity index (χ2v) is 8.25. The lowest BCUT2D eigenvalue weighted by atomic mass is 9.70. The van der Waals surface area contributed by atoms with Gasteiger partial charge in [0.1, 0.15) is 0 Å². The molecule has 26 heavy (non-hydrogen) atoms. The molecular formula is C22H19BrN2O. The molecule has 0 aliphatic heterocycles. The van der Waals surface area contributed by atoms with E-state index in [1.54, 1.807) is 6.92 Å². The van der Waals surface area contributed by atoms with Gasteiger partial charge in [0.15, 0.2) is 0 Å². The van der Waals surface area contributed by atoms with Gasteiger partial charge < -0.3 is 4.98 Å². The lowest BCUT2D eigenvalue weighted by Gasteiger charge is -2.30. The van der Waals surface area contributed by atoms with Crippen LogP contribution in [0.15, 0.2) is 51.7 Å². The number of aryl methyl sites for hydroxylation is 2. The molecule has 0 saturated heterocycles. The summed E-state index contributed by atoms with van der Waals surface area (Å²) in [5.74, 6) is 0.144. The van der Waals surface area contributed by atoms with Crippen molar-refractivity contribution in [2.75, 3.05) is 0 Å². The van der Waals surface area contributed by atoms with Gasteiger partial charge in [-0.05, 0) is 73.0 Å². The molecule has 0 radical (unpaired) electrons. The number of aromatic nitrogens is 1. The highest BCUT2D eigenvalue weighted by molar-refractivity contribution is 9.10. The van der Waals surface area contributed by atoms with Crippen molar-refractivity contribution in [3.8, 4) is 6.07 Å². The summed E-state index contributed by atoms with van der Waals surface area (Å²) >= 11 is 3.54. The van der Waals surface area contributed by atoms with E-state index in [0.29, 0.717) is 5.56 Å². The fourth-order valence-corrected chi connectivity index (χ4v) is 4.57. The minimum Gasteiger partial charge on any atom is -0.322 e. The maximum Gasteiger partial charge on any atom is 0.251 e. The molecule has 0 spiro atoms. The van der Waals surface area contributed by atoms with Gasteiger partial charge in [-0.2, -0.15) is 5.26 Å². The minimum atomic E-state index is -0.644. The second kappa shape index (κ2) is 6.10. The molecule has 2 aromatic carbocycles. The summed E-state index contributed by atoms with van der Waals surface area (Å²) in [6, 6.07) is 16.8. The molecule has 1 unspecified atom stereocenters. The van der Waals surface area contributed by atoms with Crippen molar-refractivity contribution in [2.45, 2.75) is 38.0 Å². The molecule has 0 amide bonds. The number of hydrogen-bond acceptors (Lipinski definition) is 2. The molecule has 4 rings (SSSR count). The molecule has 3 nitrogen and oxygen atoms in total. The van der Waals surface area contributed by atoms with Gasteiger partial charge >= 0.3 is 0 Å². The second-order valence-electron chi connectivity index (χ2n) is 7.33. The highest BCUT2D eigenvalue weighted by Crippen LogP contribution is 2.47. The number of nitrogens with zero attached hydrogens (tertiary/aromatic N) is 1. The summed E-state index contributed by atoms with van der Waals surface area (Å²) in [7, 11) is 0. The van der Waals surface area contributed by atoms with E-state index < -0.39 is 5.41 Å². The van der Waals surface area contributed by atoms with Crippen molar-refractivity contribution in [2.24, 2.45) is 0 Å². The summed E-state index contributed by atoms with van der Waals surface area (Å²) < 4.78 is 1.08. The van der Waals surface area contributed by atoms with E-state index in [1.165, 1.54) is 11.1 Å². The van der Waals surface area contributed by atoms with E-state index in [1.807, 2.05) is 31.2 Å². The van der Waals surface area contributed by atoms with E-state index >= 15 is 0 Å². The van der Waals surface area contributed by atoms with Crippen molar-refractivity contribution < 1.29 is 0 Å². The maximum atomic E-state index is 12.0. The monoisotopic (exact) mass is 406 g/mol. The van der Waals surface area contributed by atoms with Gasteiger partial charge in [0.05, 0.1) is 11.5 Å². The largest absolute Gasteiger partial charge is 0.322 e. The lowest BCUT2D eigenvalue weighted by Crippen LogP contribution is -2.27. The zero-order valence-electron chi connectivity index (χ0n) is 14.8. The third-order valence-corrected chi connectivity index (χ3v) is 6.24. The van der Waals surface area contributed by atoms with Crippen LogP contribution in [-0.2, 0) is 11.8 Å². The van der Waals surface area contributed by atoms with Crippen molar-refractivity contribution in [3.63, 3.8) is 0 Å². The van der Waals surface area contributed by atoms with Crippen LogP contribution >= 0.6 is 15.9 Å². The van der Waals surface area contributed by atoms with Gasteiger partial charge in [-0.3, -0.25) is 4.79 Å². The first-order chi connectivity index (χ1) is 12.4. The Kier molecular flexibility index (Phi) is 4.00. The van der Waals surface area contributed by atoms with Crippen LogP contribution in [-0.4, -0.2) is 4.98 Å². The molecule has 0 saturated carbocycles. The van der Waals surface area contributed by atoms with Crippen LogP contribution in [0.1, 0.15) is 41.5 Å². The van der Waals surface area contributed by atoms with Crippen LogP contribution in [0.4, 0.5) is 0 Å². The molecule has 2 atom stereocenters. The Morgan fingerprint density at radius 3 is 2.81 bits per heavy atom. The minimum absolute atomic E-state index is 0.0793.